The van der Waals surface area contributed by atoms with Crippen molar-refractivity contribution in [3.8, 4) is 0 Å². The van der Waals surface area contributed by atoms with Crippen LogP contribution in [-0.2, 0) is 7.05 Å². The summed E-state index contributed by atoms with van der Waals surface area (Å²) in [4.78, 5) is 19.8. The number of hydrogen-bond donors (Lipinski definition) is 0. The van der Waals surface area contributed by atoms with Crippen LogP contribution in [0.1, 0.15) is 0 Å². The van der Waals surface area contributed by atoms with Crippen molar-refractivity contribution in [3.05, 3.63) is 27.6 Å². The smallest absolute Gasteiger partial charge is 0.252 e. The zero-order valence-electron chi connectivity index (χ0n) is 8.19. The average Bonchev–Trinajstić information content (AvgIpc) is 2.25. The molecule has 2 aromatic heterocycles. The molecule has 2 aromatic rings. The number of fused-ring (bicyclic) bond motifs is 1. The number of rotatable bonds is 1. The van der Waals surface area contributed by atoms with E-state index >= 15 is 0 Å². The second-order valence-electron chi connectivity index (χ2n) is 2.98. The highest BCUT2D eigenvalue weighted by Crippen LogP contribution is 2.20. The Kier molecular flexibility index (Phi) is 2.67. The van der Waals surface area contributed by atoms with Gasteiger partial charge in [0.25, 0.3) is 5.56 Å². The Labute approximate surface area is 95.3 Å². The van der Waals surface area contributed by atoms with E-state index < -0.39 is 0 Å². The molecule has 0 fully saturated rings. The number of aryl methyl sites for hydroxylation is 1. The van der Waals surface area contributed by atoms with E-state index in [1.54, 1.807) is 13.2 Å². The summed E-state index contributed by atoms with van der Waals surface area (Å²) in [5, 5.41) is 1.01. The Balaban J connectivity index is 2.90. The van der Waals surface area contributed by atoms with Crippen molar-refractivity contribution in [1.29, 1.82) is 0 Å². The fourth-order valence-corrected chi connectivity index (χ4v) is 1.84. The molecule has 0 aromatic carbocycles. The second kappa shape index (κ2) is 3.83. The molecule has 4 nitrogen and oxygen atoms in total. The highest BCUT2D eigenvalue weighted by atomic mass is 35.5. The summed E-state index contributed by atoms with van der Waals surface area (Å²) in [5.74, 6) is 0. The molecule has 0 aliphatic carbocycles. The lowest BCUT2D eigenvalue weighted by Gasteiger charge is -2.05. The van der Waals surface area contributed by atoms with Crippen molar-refractivity contribution in [3.63, 3.8) is 0 Å². The van der Waals surface area contributed by atoms with Crippen molar-refractivity contribution >= 4 is 34.4 Å². The van der Waals surface area contributed by atoms with E-state index in [9.17, 15) is 4.79 Å². The number of thioether (sulfide) groups is 1. The van der Waals surface area contributed by atoms with Gasteiger partial charge in [0.15, 0.2) is 5.16 Å². The number of hydrogen-bond acceptors (Lipinski definition) is 4. The van der Waals surface area contributed by atoms with Crippen molar-refractivity contribution < 1.29 is 0 Å². The summed E-state index contributed by atoms with van der Waals surface area (Å²) < 4.78 is 1.48. The van der Waals surface area contributed by atoms with Gasteiger partial charge < -0.3 is 4.57 Å². The first-order chi connectivity index (χ1) is 7.13. The van der Waals surface area contributed by atoms with Gasteiger partial charge in [-0.05, 0) is 6.26 Å². The van der Waals surface area contributed by atoms with Gasteiger partial charge in [0, 0.05) is 13.1 Å². The maximum absolute atomic E-state index is 11.4. The van der Waals surface area contributed by atoms with Gasteiger partial charge in [0.05, 0.1) is 16.7 Å². The Morgan fingerprint density at radius 2 is 2.27 bits per heavy atom. The quantitative estimate of drug-likeness (QED) is 0.563. The minimum atomic E-state index is -0.159. The monoisotopic (exact) mass is 241 g/mol. The third kappa shape index (κ3) is 1.72. The molecule has 0 aliphatic rings. The van der Waals surface area contributed by atoms with Gasteiger partial charge in [-0.15, -0.1) is 0 Å². The molecule has 6 heteroatoms. The maximum Gasteiger partial charge on any atom is 0.252 e. The van der Waals surface area contributed by atoms with Crippen LogP contribution in [0.3, 0.4) is 0 Å². The van der Waals surface area contributed by atoms with Crippen LogP contribution in [0.2, 0.25) is 5.02 Å². The van der Waals surface area contributed by atoms with E-state index in [1.165, 1.54) is 22.4 Å². The molecule has 0 saturated heterocycles. The van der Waals surface area contributed by atoms with Crippen LogP contribution in [0.15, 0.2) is 22.2 Å². The lowest BCUT2D eigenvalue weighted by molar-refractivity contribution is 0.884. The van der Waals surface area contributed by atoms with Crippen LogP contribution >= 0.6 is 23.4 Å². The van der Waals surface area contributed by atoms with Crippen LogP contribution < -0.4 is 5.56 Å². The van der Waals surface area contributed by atoms with Crippen molar-refractivity contribution in [1.82, 2.24) is 14.5 Å². The SMILES string of the molecule is CSc1ncc2c(n1)c(Cl)cc(=O)n2C. The summed E-state index contributed by atoms with van der Waals surface area (Å²) in [6.45, 7) is 0. The molecular weight excluding hydrogens is 234 g/mol. The fraction of sp³-hybridized carbons (Fsp3) is 0.222. The van der Waals surface area contributed by atoms with Gasteiger partial charge in [-0.1, -0.05) is 23.4 Å². The lowest BCUT2D eigenvalue weighted by atomic mass is 10.3. The molecule has 0 saturated carbocycles. The summed E-state index contributed by atoms with van der Waals surface area (Å²) in [7, 11) is 1.67. The molecule has 0 aliphatic heterocycles. The summed E-state index contributed by atoms with van der Waals surface area (Å²) in [6.07, 6.45) is 3.50. The molecule has 0 amide bonds. The third-order valence-electron chi connectivity index (χ3n) is 2.10. The van der Waals surface area contributed by atoms with E-state index in [2.05, 4.69) is 9.97 Å². The van der Waals surface area contributed by atoms with Crippen LogP contribution in [-0.4, -0.2) is 20.8 Å². The largest absolute Gasteiger partial charge is 0.308 e. The van der Waals surface area contributed by atoms with Crippen LogP contribution in [0, 0.1) is 0 Å². The van der Waals surface area contributed by atoms with Crippen molar-refractivity contribution in [2.24, 2.45) is 7.05 Å². The van der Waals surface area contributed by atoms with Crippen LogP contribution in [0.4, 0.5) is 0 Å². The lowest BCUT2D eigenvalue weighted by Crippen LogP contribution is -2.16. The van der Waals surface area contributed by atoms with Gasteiger partial charge in [-0.3, -0.25) is 4.79 Å². The van der Waals surface area contributed by atoms with Gasteiger partial charge in [0.1, 0.15) is 5.52 Å². The van der Waals surface area contributed by atoms with E-state index in [4.69, 9.17) is 11.6 Å². The van der Waals surface area contributed by atoms with Gasteiger partial charge in [0.2, 0.25) is 0 Å². The van der Waals surface area contributed by atoms with Gasteiger partial charge in [-0.2, -0.15) is 0 Å². The average molecular weight is 242 g/mol. The van der Waals surface area contributed by atoms with Crippen LogP contribution in [0.5, 0.6) is 0 Å². The predicted molar refractivity (Wildman–Crippen MR) is 61.6 cm³/mol. The zero-order valence-corrected chi connectivity index (χ0v) is 9.76. The number of aromatic nitrogens is 3. The maximum atomic E-state index is 11.4. The Hall–Kier alpha value is -1.07. The molecule has 15 heavy (non-hydrogen) atoms. The van der Waals surface area contributed by atoms with Gasteiger partial charge >= 0.3 is 0 Å². The normalized spacial score (nSPS) is 10.9. The Morgan fingerprint density at radius 1 is 1.53 bits per heavy atom. The number of nitrogens with zero attached hydrogens (tertiary/aromatic N) is 3. The van der Waals surface area contributed by atoms with Crippen molar-refractivity contribution in [2.75, 3.05) is 6.26 Å². The van der Waals surface area contributed by atoms with E-state index in [0.717, 1.165) is 0 Å². The van der Waals surface area contributed by atoms with Crippen LogP contribution in [0.25, 0.3) is 11.0 Å². The first-order valence-corrected chi connectivity index (χ1v) is 5.80. The molecule has 0 spiro atoms. The topological polar surface area (TPSA) is 47.8 Å². The summed E-state index contributed by atoms with van der Waals surface area (Å²) >= 11 is 7.38. The van der Waals surface area contributed by atoms with E-state index in [1.807, 2.05) is 6.26 Å². The van der Waals surface area contributed by atoms with Crippen molar-refractivity contribution in [2.45, 2.75) is 5.16 Å². The van der Waals surface area contributed by atoms with E-state index in [0.29, 0.717) is 21.2 Å². The minimum absolute atomic E-state index is 0.159. The molecule has 0 N–H and O–H groups in total. The zero-order chi connectivity index (χ0) is 11.0. The summed E-state index contributed by atoms with van der Waals surface area (Å²) in [6, 6.07) is 1.36. The second-order valence-corrected chi connectivity index (χ2v) is 4.16. The molecule has 2 heterocycles. The highest BCUT2D eigenvalue weighted by Gasteiger charge is 2.07. The molecule has 78 valence electrons. The summed E-state index contributed by atoms with van der Waals surface area (Å²) in [5.41, 5.74) is 1.09. The first kappa shape index (κ1) is 10.4. The van der Waals surface area contributed by atoms with Gasteiger partial charge in [-0.25, -0.2) is 9.97 Å². The molecule has 2 rings (SSSR count). The fourth-order valence-electron chi connectivity index (χ4n) is 1.27. The molecule has 0 bridgehead atoms. The molecule has 0 unspecified atom stereocenters. The Morgan fingerprint density at radius 3 is 2.93 bits per heavy atom. The highest BCUT2D eigenvalue weighted by molar-refractivity contribution is 7.98. The molecular formula is C9H8ClN3OS. The number of halogens is 1. The number of pyridine rings is 1. The van der Waals surface area contributed by atoms with E-state index in [-0.39, 0.29) is 5.56 Å². The molecule has 0 atom stereocenters. The Bertz CT molecular complexity index is 581. The minimum Gasteiger partial charge on any atom is -0.308 e. The first-order valence-electron chi connectivity index (χ1n) is 4.19. The molecule has 0 radical (unpaired) electrons. The third-order valence-corrected chi connectivity index (χ3v) is 2.95. The standard InChI is InChI=1S/C9H8ClN3OS/c1-13-6-4-11-9(15-2)12-8(6)5(10)3-7(13)14/h3-4H,1-2H3. The predicted octanol–water partition coefficient (Wildman–Crippen LogP) is 1.70.